The summed E-state index contributed by atoms with van der Waals surface area (Å²) in [4.78, 5) is 14.6. The van der Waals surface area contributed by atoms with Gasteiger partial charge in [0.1, 0.15) is 7.11 Å². The van der Waals surface area contributed by atoms with Gasteiger partial charge in [0.15, 0.2) is 5.71 Å². The molecule has 0 saturated heterocycles. The van der Waals surface area contributed by atoms with Crippen LogP contribution in [0, 0.1) is 0 Å². The van der Waals surface area contributed by atoms with Crippen molar-refractivity contribution < 1.29 is 19.8 Å². The molecule has 0 amide bonds. The quantitative estimate of drug-likeness (QED) is 0.360. The van der Waals surface area contributed by atoms with Crippen molar-refractivity contribution >= 4 is 11.7 Å². The Hall–Kier alpha value is -1.14. The van der Waals surface area contributed by atoms with Gasteiger partial charge in [0, 0.05) is 13.0 Å². The molecule has 6 heteroatoms. The van der Waals surface area contributed by atoms with Crippen LogP contribution < -0.4 is 5.73 Å². The highest BCUT2D eigenvalue weighted by molar-refractivity contribution is 6.35. The van der Waals surface area contributed by atoms with Crippen molar-refractivity contribution in [3.05, 3.63) is 0 Å². The Kier molecular flexibility index (Phi) is 4.98. The Bertz CT molecular complexity index is 180. The van der Waals surface area contributed by atoms with E-state index < -0.39 is 12.1 Å². The lowest BCUT2D eigenvalue weighted by atomic mass is 10.2. The van der Waals surface area contributed by atoms with E-state index >= 15 is 0 Å². The summed E-state index contributed by atoms with van der Waals surface area (Å²) in [6.45, 7) is -0.00395. The van der Waals surface area contributed by atoms with Crippen LogP contribution in [0.4, 0.5) is 0 Å². The van der Waals surface area contributed by atoms with Gasteiger partial charge in [-0.2, -0.15) is 0 Å². The van der Waals surface area contributed by atoms with Crippen molar-refractivity contribution in [1.29, 1.82) is 0 Å². The molecule has 0 aliphatic carbocycles. The van der Waals surface area contributed by atoms with Crippen LogP contribution in [0.1, 0.15) is 6.42 Å². The summed E-state index contributed by atoms with van der Waals surface area (Å²) in [7, 11) is 1.23. The molecule has 0 aliphatic heterocycles. The first-order valence-corrected chi connectivity index (χ1v) is 3.33. The minimum absolute atomic E-state index is 0.00395. The predicted molar refractivity (Wildman–Crippen MR) is 41.8 cm³/mol. The molecule has 0 saturated carbocycles. The molecule has 0 rings (SSSR count). The molecule has 0 radical (unpaired) electrons. The summed E-state index contributed by atoms with van der Waals surface area (Å²) in [5, 5.41) is 20.7. The Morgan fingerprint density at radius 1 is 1.75 bits per heavy atom. The number of carboxylic acids is 1. The van der Waals surface area contributed by atoms with E-state index in [4.69, 9.17) is 15.9 Å². The second-order valence-electron chi connectivity index (χ2n) is 2.12. The molecular formula is C6H12N2O4. The SMILES string of the molecule is CO/N=C(/C[C@@H](O)CN)C(=O)O. The van der Waals surface area contributed by atoms with Gasteiger partial charge in [-0.15, -0.1) is 0 Å². The van der Waals surface area contributed by atoms with Gasteiger partial charge >= 0.3 is 5.97 Å². The summed E-state index contributed by atoms with van der Waals surface area (Å²) in [6.07, 6.45) is -1.00. The van der Waals surface area contributed by atoms with Gasteiger partial charge in [-0.3, -0.25) is 0 Å². The summed E-state index contributed by atoms with van der Waals surface area (Å²) >= 11 is 0. The Morgan fingerprint density at radius 2 is 2.33 bits per heavy atom. The largest absolute Gasteiger partial charge is 0.477 e. The van der Waals surface area contributed by atoms with E-state index in [1.165, 1.54) is 7.11 Å². The van der Waals surface area contributed by atoms with Crippen LogP contribution in [0.25, 0.3) is 0 Å². The maximum absolute atomic E-state index is 10.4. The van der Waals surface area contributed by atoms with E-state index in [2.05, 4.69) is 9.99 Å². The van der Waals surface area contributed by atoms with Crippen LogP contribution in [-0.2, 0) is 9.63 Å². The number of carboxylic acid groups (broad SMARTS) is 1. The number of aliphatic hydroxyl groups is 1. The Morgan fingerprint density at radius 3 is 2.67 bits per heavy atom. The molecule has 0 bridgehead atoms. The highest BCUT2D eigenvalue weighted by atomic mass is 16.6. The van der Waals surface area contributed by atoms with Crippen LogP contribution in [0.3, 0.4) is 0 Å². The van der Waals surface area contributed by atoms with E-state index in [9.17, 15) is 4.79 Å². The Balaban J connectivity index is 4.14. The number of oxime groups is 1. The predicted octanol–water partition coefficient (Wildman–Crippen LogP) is -1.22. The second-order valence-corrected chi connectivity index (χ2v) is 2.12. The first-order chi connectivity index (χ1) is 5.61. The smallest absolute Gasteiger partial charge is 0.353 e. The summed E-state index contributed by atoms with van der Waals surface area (Å²) in [5.74, 6) is -1.22. The van der Waals surface area contributed by atoms with Gasteiger partial charge < -0.3 is 20.8 Å². The number of hydrogen-bond acceptors (Lipinski definition) is 5. The number of carbonyl (C=O) groups is 1. The van der Waals surface area contributed by atoms with Crippen LogP contribution in [-0.4, -0.2) is 41.7 Å². The first kappa shape index (κ1) is 10.9. The number of nitrogens with two attached hydrogens (primary N) is 1. The maximum Gasteiger partial charge on any atom is 0.353 e. The summed E-state index contributed by atoms with van der Waals surface area (Å²) in [5.41, 5.74) is 4.84. The van der Waals surface area contributed by atoms with Gasteiger partial charge in [0.25, 0.3) is 0 Å². The van der Waals surface area contributed by atoms with Gasteiger partial charge in [-0.25, -0.2) is 4.79 Å². The lowest BCUT2D eigenvalue weighted by molar-refractivity contribution is -0.129. The molecule has 0 aliphatic rings. The molecule has 0 unspecified atom stereocenters. The fraction of sp³-hybridized carbons (Fsp3) is 0.667. The number of rotatable bonds is 5. The van der Waals surface area contributed by atoms with E-state index in [1.807, 2.05) is 0 Å². The van der Waals surface area contributed by atoms with Gasteiger partial charge in [0.2, 0.25) is 0 Å². The molecule has 70 valence electrons. The molecule has 4 N–H and O–H groups in total. The summed E-state index contributed by atoms with van der Waals surface area (Å²) < 4.78 is 0. The molecule has 6 nitrogen and oxygen atoms in total. The van der Waals surface area contributed by atoms with Crippen molar-refractivity contribution in [3.8, 4) is 0 Å². The van der Waals surface area contributed by atoms with Crippen molar-refractivity contribution in [1.82, 2.24) is 0 Å². The average Bonchev–Trinajstić information content (AvgIpc) is 2.03. The van der Waals surface area contributed by atoms with Crippen LogP contribution in [0.2, 0.25) is 0 Å². The Labute approximate surface area is 69.6 Å². The minimum Gasteiger partial charge on any atom is -0.477 e. The topological polar surface area (TPSA) is 105 Å². The van der Waals surface area contributed by atoms with Crippen molar-refractivity contribution in [2.45, 2.75) is 12.5 Å². The lowest BCUT2D eigenvalue weighted by Gasteiger charge is -2.05. The molecule has 12 heavy (non-hydrogen) atoms. The van der Waals surface area contributed by atoms with Crippen LogP contribution in [0.15, 0.2) is 5.16 Å². The molecule has 0 aromatic heterocycles. The molecule has 0 fully saturated rings. The van der Waals surface area contributed by atoms with E-state index in [0.29, 0.717) is 0 Å². The van der Waals surface area contributed by atoms with Crippen molar-refractivity contribution in [3.63, 3.8) is 0 Å². The third-order valence-corrected chi connectivity index (χ3v) is 1.15. The van der Waals surface area contributed by atoms with Crippen LogP contribution in [0.5, 0.6) is 0 Å². The highest BCUT2D eigenvalue weighted by Gasteiger charge is 2.14. The first-order valence-electron chi connectivity index (χ1n) is 3.33. The third kappa shape index (κ3) is 3.89. The number of aliphatic carboxylic acids is 1. The third-order valence-electron chi connectivity index (χ3n) is 1.15. The van der Waals surface area contributed by atoms with Crippen molar-refractivity contribution in [2.75, 3.05) is 13.7 Å². The molecule has 0 heterocycles. The zero-order valence-electron chi connectivity index (χ0n) is 6.73. The monoisotopic (exact) mass is 176 g/mol. The molecule has 0 spiro atoms. The minimum atomic E-state index is -1.22. The van der Waals surface area contributed by atoms with E-state index in [0.717, 1.165) is 0 Å². The fourth-order valence-corrected chi connectivity index (χ4v) is 0.580. The number of nitrogens with zero attached hydrogens (tertiary/aromatic N) is 1. The number of hydrogen-bond donors (Lipinski definition) is 3. The lowest BCUT2D eigenvalue weighted by Crippen LogP contribution is -2.26. The standard InChI is InChI=1S/C6H12N2O4/c1-12-8-5(6(10)11)2-4(9)3-7/h4,9H,2-3,7H2,1H3,(H,10,11)/b8-5-/t4-/m1/s1. The maximum atomic E-state index is 10.4. The van der Waals surface area contributed by atoms with E-state index in [-0.39, 0.29) is 18.7 Å². The summed E-state index contributed by atoms with van der Waals surface area (Å²) in [6, 6.07) is 0. The zero-order valence-corrected chi connectivity index (χ0v) is 6.73. The zero-order chi connectivity index (χ0) is 9.56. The molecular weight excluding hydrogens is 164 g/mol. The van der Waals surface area contributed by atoms with Crippen molar-refractivity contribution in [2.24, 2.45) is 10.9 Å². The normalized spacial score (nSPS) is 14.1. The van der Waals surface area contributed by atoms with E-state index in [1.54, 1.807) is 0 Å². The van der Waals surface area contributed by atoms with Gasteiger partial charge in [-0.1, -0.05) is 5.16 Å². The van der Waals surface area contributed by atoms with Gasteiger partial charge in [-0.05, 0) is 0 Å². The molecule has 0 aromatic rings. The van der Waals surface area contributed by atoms with Gasteiger partial charge in [0.05, 0.1) is 6.10 Å². The second kappa shape index (κ2) is 5.50. The number of aliphatic hydroxyl groups excluding tert-OH is 1. The highest BCUT2D eigenvalue weighted by Crippen LogP contribution is 1.94. The average molecular weight is 176 g/mol. The van der Waals surface area contributed by atoms with Crippen LogP contribution >= 0.6 is 0 Å². The molecule has 0 aromatic carbocycles. The fourth-order valence-electron chi connectivity index (χ4n) is 0.580. The molecule has 1 atom stereocenters.